The summed E-state index contributed by atoms with van der Waals surface area (Å²) in [6.07, 6.45) is 6.12. The zero-order valence-electron chi connectivity index (χ0n) is 19.8. The van der Waals surface area contributed by atoms with E-state index in [1.165, 1.54) is 9.75 Å². The molecule has 3 heterocycles. The molecule has 1 aromatic heterocycles. The zero-order chi connectivity index (χ0) is 24.1. The fraction of sp³-hybridized carbons (Fsp3) is 0.520. The fourth-order valence-electron chi connectivity index (χ4n) is 4.39. The summed E-state index contributed by atoms with van der Waals surface area (Å²) in [7, 11) is 0. The van der Waals surface area contributed by atoms with E-state index >= 15 is 0 Å². The van der Waals surface area contributed by atoms with Gasteiger partial charge in [0.25, 0.3) is 0 Å². The first kappa shape index (κ1) is 23.8. The molecule has 0 radical (unpaired) electrons. The highest BCUT2D eigenvalue weighted by atomic mass is 16.7. The van der Waals surface area contributed by atoms with Crippen molar-refractivity contribution in [2.75, 3.05) is 26.2 Å². The normalized spacial score (nSPS) is 18.8. The van der Waals surface area contributed by atoms with E-state index in [9.17, 15) is 14.4 Å². The van der Waals surface area contributed by atoms with E-state index < -0.39 is 0 Å². The van der Waals surface area contributed by atoms with E-state index in [-0.39, 0.29) is 23.3 Å². The van der Waals surface area contributed by atoms with Gasteiger partial charge in [0.2, 0.25) is 11.8 Å². The van der Waals surface area contributed by atoms with E-state index in [0.29, 0.717) is 57.2 Å². The lowest BCUT2D eigenvalue weighted by Gasteiger charge is -2.34. The number of imide groups is 1. The summed E-state index contributed by atoms with van der Waals surface area (Å²) < 4.78 is 5.54. The number of hydrogen-bond donors (Lipinski definition) is 0. The predicted molar refractivity (Wildman–Crippen MR) is 124 cm³/mol. The highest BCUT2D eigenvalue weighted by Crippen LogP contribution is 2.31. The number of ether oxygens (including phenoxy) is 1. The summed E-state index contributed by atoms with van der Waals surface area (Å²) >= 11 is 0. The van der Waals surface area contributed by atoms with Crippen molar-refractivity contribution >= 4 is 17.9 Å². The molecule has 1 aromatic carbocycles. The van der Waals surface area contributed by atoms with Crippen LogP contribution in [0.2, 0.25) is 0 Å². The molecule has 0 N–H and O–H groups in total. The number of benzene rings is 1. The molecule has 2 fully saturated rings. The Morgan fingerprint density at radius 1 is 1.09 bits per heavy atom. The first-order valence-corrected chi connectivity index (χ1v) is 11.8. The number of amides is 3. The van der Waals surface area contributed by atoms with Crippen LogP contribution in [-0.2, 0) is 16.0 Å². The first-order valence-electron chi connectivity index (χ1n) is 11.8. The maximum Gasteiger partial charge on any atom is 0.415 e. The molecule has 182 valence electrons. The maximum atomic E-state index is 12.5. The molecule has 0 atom stereocenters. The summed E-state index contributed by atoms with van der Waals surface area (Å²) in [6.45, 7) is 6.07. The molecule has 2 aliphatic heterocycles. The first-order chi connectivity index (χ1) is 16.3. The second-order valence-electron chi connectivity index (χ2n) is 9.85. The third-order valence-electron chi connectivity index (χ3n) is 6.41. The molecule has 2 saturated heterocycles. The number of rotatable bonds is 7. The van der Waals surface area contributed by atoms with Crippen molar-refractivity contribution in [1.82, 2.24) is 19.7 Å². The Labute approximate surface area is 199 Å². The van der Waals surface area contributed by atoms with Gasteiger partial charge in [-0.25, -0.2) is 4.79 Å². The molecule has 9 heteroatoms. The lowest BCUT2D eigenvalue weighted by molar-refractivity contribution is -0.152. The van der Waals surface area contributed by atoms with Crippen LogP contribution in [0.15, 0.2) is 42.7 Å². The molecule has 2 aromatic rings. The van der Waals surface area contributed by atoms with Gasteiger partial charge in [0.1, 0.15) is 12.4 Å². The topological polar surface area (TPSA) is 94.0 Å². The number of nitrogens with zero attached hydrogens (tertiary/aromatic N) is 4. The molecular weight excluding hydrogens is 436 g/mol. The van der Waals surface area contributed by atoms with Crippen molar-refractivity contribution in [3.8, 4) is 5.75 Å². The number of carbonyl (C=O) groups is 3. The van der Waals surface area contributed by atoms with Gasteiger partial charge in [0.05, 0.1) is 12.4 Å². The molecule has 0 bridgehead atoms. The molecule has 9 nitrogen and oxygen atoms in total. The molecule has 0 spiro atoms. The van der Waals surface area contributed by atoms with E-state index in [1.54, 1.807) is 29.4 Å². The Morgan fingerprint density at radius 2 is 1.76 bits per heavy atom. The quantitative estimate of drug-likeness (QED) is 0.580. The summed E-state index contributed by atoms with van der Waals surface area (Å²) in [5.74, 6) is 0.633. The largest absolute Gasteiger partial charge is 0.415 e. The van der Waals surface area contributed by atoms with E-state index in [0.717, 1.165) is 18.4 Å². The minimum absolute atomic E-state index is 0.108. The summed E-state index contributed by atoms with van der Waals surface area (Å²) in [5, 5.41) is 4.02. The average Bonchev–Trinajstić information content (AvgIpc) is 3.31. The van der Waals surface area contributed by atoms with Crippen LogP contribution >= 0.6 is 0 Å². The van der Waals surface area contributed by atoms with Crippen molar-refractivity contribution in [2.45, 2.75) is 46.0 Å². The van der Waals surface area contributed by atoms with Gasteiger partial charge >= 0.3 is 6.09 Å². The van der Waals surface area contributed by atoms with E-state index in [1.807, 2.05) is 32.0 Å². The third-order valence-corrected chi connectivity index (χ3v) is 6.41. The average molecular weight is 469 g/mol. The molecule has 3 amide bonds. The van der Waals surface area contributed by atoms with Crippen molar-refractivity contribution < 1.29 is 24.0 Å². The minimum atomic E-state index is -0.355. The van der Waals surface area contributed by atoms with Crippen LogP contribution in [0.3, 0.4) is 0 Å². The van der Waals surface area contributed by atoms with Gasteiger partial charge < -0.3 is 14.5 Å². The fourth-order valence-corrected chi connectivity index (χ4v) is 4.39. The van der Waals surface area contributed by atoms with Crippen molar-refractivity contribution in [1.29, 1.82) is 0 Å². The Morgan fingerprint density at radius 3 is 2.38 bits per heavy atom. The second-order valence-corrected chi connectivity index (χ2v) is 9.85. The van der Waals surface area contributed by atoms with Crippen LogP contribution in [0, 0.1) is 11.3 Å². The van der Waals surface area contributed by atoms with Crippen molar-refractivity contribution in [2.24, 2.45) is 11.3 Å². The van der Waals surface area contributed by atoms with E-state index in [2.05, 4.69) is 5.10 Å². The number of hydrogen-bond acceptors (Lipinski definition) is 6. The second kappa shape index (κ2) is 10.3. The molecule has 0 saturated carbocycles. The standard InChI is InChI=1S/C25H32N4O5/c1-25(2)16-22(30)28(23(31)17-25)15-10-19-4-6-21(7-5-19)34-24(32)27-13-8-20(9-14-27)18-33-29-12-3-11-26-29/h3-7,11-12,20H,8-10,13-18H2,1-2H3. The van der Waals surface area contributed by atoms with Crippen LogP contribution < -0.4 is 9.57 Å². The van der Waals surface area contributed by atoms with Gasteiger partial charge in [0.15, 0.2) is 0 Å². The van der Waals surface area contributed by atoms with Crippen LogP contribution in [0.5, 0.6) is 5.75 Å². The highest BCUT2D eigenvalue weighted by molar-refractivity contribution is 5.98. The van der Waals surface area contributed by atoms with Crippen LogP contribution in [0.25, 0.3) is 0 Å². The van der Waals surface area contributed by atoms with Gasteiger partial charge in [0, 0.05) is 32.5 Å². The number of piperidine rings is 2. The molecular formula is C25H32N4O5. The SMILES string of the molecule is CC1(C)CC(=O)N(CCc2ccc(OC(=O)N3CCC(COn4cccn4)CC3)cc2)C(=O)C1. The van der Waals surface area contributed by atoms with Crippen LogP contribution in [0.1, 0.15) is 45.1 Å². The highest BCUT2D eigenvalue weighted by Gasteiger charge is 2.37. The number of likely N-dealkylation sites (tertiary alicyclic amines) is 2. The molecule has 0 aliphatic carbocycles. The van der Waals surface area contributed by atoms with Crippen molar-refractivity contribution in [3.63, 3.8) is 0 Å². The lowest BCUT2D eigenvalue weighted by Crippen LogP contribution is -2.46. The smallest absolute Gasteiger partial charge is 0.410 e. The van der Waals surface area contributed by atoms with Gasteiger partial charge in [-0.05, 0) is 54.4 Å². The monoisotopic (exact) mass is 468 g/mol. The Balaban J connectivity index is 1.20. The molecule has 34 heavy (non-hydrogen) atoms. The Kier molecular flexibility index (Phi) is 7.19. The third kappa shape index (κ3) is 6.15. The minimum Gasteiger partial charge on any atom is -0.410 e. The van der Waals surface area contributed by atoms with Crippen LogP contribution in [0.4, 0.5) is 4.79 Å². The predicted octanol–water partition coefficient (Wildman–Crippen LogP) is 2.94. The number of carbonyl (C=O) groups excluding carboxylic acids is 3. The van der Waals surface area contributed by atoms with Crippen molar-refractivity contribution in [3.05, 3.63) is 48.3 Å². The van der Waals surface area contributed by atoms with E-state index in [4.69, 9.17) is 9.57 Å². The lowest BCUT2D eigenvalue weighted by atomic mass is 9.81. The van der Waals surface area contributed by atoms with Gasteiger partial charge in [-0.15, -0.1) is 9.94 Å². The number of aromatic nitrogens is 2. The molecule has 2 aliphatic rings. The summed E-state index contributed by atoms with van der Waals surface area (Å²) in [6, 6.07) is 9.04. The maximum absolute atomic E-state index is 12.5. The van der Waals surface area contributed by atoms with Gasteiger partial charge in [-0.3, -0.25) is 14.5 Å². The van der Waals surface area contributed by atoms with Gasteiger partial charge in [-0.2, -0.15) is 0 Å². The molecule has 4 rings (SSSR count). The molecule has 0 unspecified atom stereocenters. The van der Waals surface area contributed by atoms with Gasteiger partial charge in [-0.1, -0.05) is 26.0 Å². The summed E-state index contributed by atoms with van der Waals surface area (Å²) in [5.41, 5.74) is 0.711. The Bertz CT molecular complexity index is 975. The summed E-state index contributed by atoms with van der Waals surface area (Å²) in [4.78, 5) is 47.3. The van der Waals surface area contributed by atoms with Crippen LogP contribution in [-0.4, -0.2) is 63.9 Å². The zero-order valence-corrected chi connectivity index (χ0v) is 19.8. The Hall–Kier alpha value is -3.36.